The molecule has 2 rings (SSSR count). The van der Waals surface area contributed by atoms with Gasteiger partial charge in [0.25, 0.3) is 0 Å². The first-order chi connectivity index (χ1) is 9.66. The van der Waals surface area contributed by atoms with Crippen LogP contribution in [-0.2, 0) is 10.0 Å². The van der Waals surface area contributed by atoms with E-state index >= 15 is 0 Å². The Morgan fingerprint density at radius 1 is 1.05 bits per heavy atom. The quantitative estimate of drug-likeness (QED) is 0.800. The second-order valence-electron chi connectivity index (χ2n) is 6.42. The van der Waals surface area contributed by atoms with Crippen molar-refractivity contribution < 1.29 is 8.42 Å². The molecule has 0 saturated heterocycles. The Balaban J connectivity index is 2.58. The standard InChI is InChI=1S/C17H25NO2S/c1-11(2)16-8-7-15(6)18(16)21(19,20)17-13(4)9-12(3)10-14(17)5/h7-11,15-16H,1-6H3/t15-,16-/m0/s1. The molecule has 0 radical (unpaired) electrons. The van der Waals surface area contributed by atoms with Gasteiger partial charge in [-0.15, -0.1) is 0 Å². The van der Waals surface area contributed by atoms with E-state index in [0.29, 0.717) is 4.90 Å². The summed E-state index contributed by atoms with van der Waals surface area (Å²) in [6.07, 6.45) is 4.01. The van der Waals surface area contributed by atoms with Crippen LogP contribution in [0.4, 0.5) is 0 Å². The maximum atomic E-state index is 13.2. The Morgan fingerprint density at radius 3 is 2.05 bits per heavy atom. The lowest BCUT2D eigenvalue weighted by Gasteiger charge is -2.31. The molecule has 2 atom stereocenters. The van der Waals surface area contributed by atoms with E-state index < -0.39 is 10.0 Å². The predicted octanol–water partition coefficient (Wildman–Crippen LogP) is 3.59. The second-order valence-corrected chi connectivity index (χ2v) is 8.20. The van der Waals surface area contributed by atoms with Crippen molar-refractivity contribution in [2.75, 3.05) is 0 Å². The average Bonchev–Trinajstić information content (AvgIpc) is 2.69. The van der Waals surface area contributed by atoms with Gasteiger partial charge in [-0.05, 0) is 44.7 Å². The molecule has 3 nitrogen and oxygen atoms in total. The minimum atomic E-state index is -3.49. The number of rotatable bonds is 3. The van der Waals surface area contributed by atoms with Crippen LogP contribution in [0.1, 0.15) is 37.5 Å². The fourth-order valence-electron chi connectivity index (χ4n) is 3.29. The Labute approximate surface area is 128 Å². The Bertz CT molecular complexity index is 651. The molecule has 0 aromatic heterocycles. The first-order valence-electron chi connectivity index (χ1n) is 7.46. The molecular formula is C17H25NO2S. The lowest BCUT2D eigenvalue weighted by atomic mass is 10.1. The zero-order chi connectivity index (χ0) is 15.9. The van der Waals surface area contributed by atoms with Crippen LogP contribution in [-0.4, -0.2) is 24.8 Å². The largest absolute Gasteiger partial charge is 0.244 e. The smallest absolute Gasteiger partial charge is 0.207 e. The minimum Gasteiger partial charge on any atom is -0.207 e. The monoisotopic (exact) mass is 307 g/mol. The van der Waals surface area contributed by atoms with Crippen molar-refractivity contribution in [2.45, 2.75) is 58.5 Å². The first kappa shape index (κ1) is 16.2. The van der Waals surface area contributed by atoms with Gasteiger partial charge in [0.2, 0.25) is 10.0 Å². The highest BCUT2D eigenvalue weighted by Gasteiger charge is 2.39. The van der Waals surface area contributed by atoms with Gasteiger partial charge in [-0.25, -0.2) is 8.42 Å². The van der Waals surface area contributed by atoms with Crippen LogP contribution in [0.3, 0.4) is 0 Å². The van der Waals surface area contributed by atoms with E-state index in [2.05, 4.69) is 13.8 Å². The summed E-state index contributed by atoms with van der Waals surface area (Å²) in [6.45, 7) is 11.8. The predicted molar refractivity (Wildman–Crippen MR) is 86.9 cm³/mol. The number of hydrogen-bond acceptors (Lipinski definition) is 2. The molecule has 4 heteroatoms. The van der Waals surface area contributed by atoms with E-state index in [9.17, 15) is 8.42 Å². The zero-order valence-electron chi connectivity index (χ0n) is 13.7. The van der Waals surface area contributed by atoms with Crippen molar-refractivity contribution in [3.63, 3.8) is 0 Å². The molecule has 1 aliphatic heterocycles. The van der Waals surface area contributed by atoms with Gasteiger partial charge in [-0.1, -0.05) is 43.7 Å². The minimum absolute atomic E-state index is 0.0647. The zero-order valence-corrected chi connectivity index (χ0v) is 14.5. The lowest BCUT2D eigenvalue weighted by Crippen LogP contribution is -2.43. The van der Waals surface area contributed by atoms with Gasteiger partial charge in [0.05, 0.1) is 4.90 Å². The summed E-state index contributed by atoms with van der Waals surface area (Å²) in [5, 5.41) is 0. The van der Waals surface area contributed by atoms with Gasteiger partial charge in [0.15, 0.2) is 0 Å². The van der Waals surface area contributed by atoms with Crippen LogP contribution in [0.2, 0.25) is 0 Å². The summed E-state index contributed by atoms with van der Waals surface area (Å²) in [4.78, 5) is 0.467. The molecule has 1 aliphatic rings. The highest BCUT2D eigenvalue weighted by atomic mass is 32.2. The van der Waals surface area contributed by atoms with Crippen molar-refractivity contribution in [2.24, 2.45) is 5.92 Å². The summed E-state index contributed by atoms with van der Waals surface area (Å²) in [6, 6.07) is 3.73. The van der Waals surface area contributed by atoms with Crippen molar-refractivity contribution in [1.82, 2.24) is 4.31 Å². The van der Waals surface area contributed by atoms with E-state index in [1.54, 1.807) is 4.31 Å². The second kappa shape index (κ2) is 5.58. The number of aryl methyl sites for hydroxylation is 3. The maximum Gasteiger partial charge on any atom is 0.244 e. The first-order valence-corrected chi connectivity index (χ1v) is 8.90. The Hall–Kier alpha value is -1.13. The van der Waals surface area contributed by atoms with E-state index in [0.717, 1.165) is 16.7 Å². The van der Waals surface area contributed by atoms with Gasteiger partial charge in [0, 0.05) is 12.1 Å². The van der Waals surface area contributed by atoms with Crippen molar-refractivity contribution in [1.29, 1.82) is 0 Å². The molecule has 116 valence electrons. The normalized spacial score (nSPS) is 23.2. The molecule has 0 amide bonds. The Kier molecular flexibility index (Phi) is 4.31. The summed E-state index contributed by atoms with van der Waals surface area (Å²) in [7, 11) is -3.49. The van der Waals surface area contributed by atoms with E-state index in [-0.39, 0.29) is 18.0 Å². The van der Waals surface area contributed by atoms with E-state index in [1.807, 2.05) is 52.0 Å². The molecule has 0 spiro atoms. The van der Waals surface area contributed by atoms with Gasteiger partial charge in [-0.2, -0.15) is 4.31 Å². The van der Waals surface area contributed by atoms with Gasteiger partial charge in [0.1, 0.15) is 0 Å². The van der Waals surface area contributed by atoms with Gasteiger partial charge >= 0.3 is 0 Å². The average molecular weight is 307 g/mol. The van der Waals surface area contributed by atoms with Crippen LogP contribution in [0.15, 0.2) is 29.2 Å². The topological polar surface area (TPSA) is 37.4 Å². The van der Waals surface area contributed by atoms with Crippen molar-refractivity contribution in [3.8, 4) is 0 Å². The third-order valence-electron chi connectivity index (χ3n) is 4.11. The molecule has 0 N–H and O–H groups in total. The summed E-state index contributed by atoms with van der Waals surface area (Å²) >= 11 is 0. The van der Waals surface area contributed by atoms with Crippen LogP contribution >= 0.6 is 0 Å². The van der Waals surface area contributed by atoms with E-state index in [1.165, 1.54) is 0 Å². The molecule has 0 aliphatic carbocycles. The highest BCUT2D eigenvalue weighted by Crippen LogP contribution is 2.33. The summed E-state index contributed by atoms with van der Waals surface area (Å²) < 4.78 is 28.1. The molecule has 0 saturated carbocycles. The molecule has 21 heavy (non-hydrogen) atoms. The number of sulfonamides is 1. The van der Waals surface area contributed by atoms with Gasteiger partial charge in [-0.3, -0.25) is 0 Å². The fraction of sp³-hybridized carbons (Fsp3) is 0.529. The third kappa shape index (κ3) is 2.79. The van der Waals surface area contributed by atoms with Crippen LogP contribution < -0.4 is 0 Å². The summed E-state index contributed by atoms with van der Waals surface area (Å²) in [5.41, 5.74) is 2.75. The molecular weight excluding hydrogens is 282 g/mol. The SMILES string of the molecule is Cc1cc(C)c(S(=O)(=O)N2[C@@H](C)C=C[C@H]2C(C)C)c(C)c1. The van der Waals surface area contributed by atoms with Gasteiger partial charge < -0.3 is 0 Å². The number of hydrogen-bond donors (Lipinski definition) is 0. The van der Waals surface area contributed by atoms with Crippen LogP contribution in [0, 0.1) is 26.7 Å². The van der Waals surface area contributed by atoms with Crippen molar-refractivity contribution in [3.05, 3.63) is 41.0 Å². The van der Waals surface area contributed by atoms with E-state index in [4.69, 9.17) is 0 Å². The molecule has 1 aromatic carbocycles. The molecule has 1 heterocycles. The Morgan fingerprint density at radius 2 is 1.57 bits per heavy atom. The van der Waals surface area contributed by atoms with Crippen molar-refractivity contribution >= 4 is 10.0 Å². The molecule has 1 aromatic rings. The van der Waals surface area contributed by atoms with Crippen LogP contribution in [0.25, 0.3) is 0 Å². The molecule has 0 fully saturated rings. The highest BCUT2D eigenvalue weighted by molar-refractivity contribution is 7.89. The number of benzene rings is 1. The number of nitrogens with zero attached hydrogens (tertiary/aromatic N) is 1. The molecule has 0 unspecified atom stereocenters. The third-order valence-corrected chi connectivity index (χ3v) is 6.40. The maximum absolute atomic E-state index is 13.2. The molecule has 0 bridgehead atoms. The fourth-order valence-corrected chi connectivity index (χ4v) is 5.57. The summed E-state index contributed by atoms with van der Waals surface area (Å²) in [5.74, 6) is 0.257. The van der Waals surface area contributed by atoms with Crippen LogP contribution in [0.5, 0.6) is 0 Å². The lowest BCUT2D eigenvalue weighted by molar-refractivity contribution is 0.300.